The summed E-state index contributed by atoms with van der Waals surface area (Å²) >= 11 is 0. The molecule has 1 atom stereocenters. The summed E-state index contributed by atoms with van der Waals surface area (Å²) in [4.78, 5) is 35.1. The van der Waals surface area contributed by atoms with Crippen LogP contribution in [0.5, 0.6) is 0 Å². The van der Waals surface area contributed by atoms with Crippen molar-refractivity contribution in [3.8, 4) is 0 Å². The van der Waals surface area contributed by atoms with E-state index in [9.17, 15) is 18.6 Å². The zero-order chi connectivity index (χ0) is 15.0. The van der Waals surface area contributed by atoms with Gasteiger partial charge in [0.15, 0.2) is 0 Å². The minimum atomic E-state index is -2.80. The summed E-state index contributed by atoms with van der Waals surface area (Å²) in [5.41, 5.74) is -0.550. The maximum atomic E-state index is 12.7. The Labute approximate surface area is 119 Å². The maximum Gasteiger partial charge on any atom is 0.344 e. The Morgan fingerprint density at radius 2 is 1.90 bits per heavy atom. The minimum absolute atomic E-state index is 0.274. The van der Waals surface area contributed by atoms with Crippen LogP contribution in [0.25, 0.3) is 0 Å². The Morgan fingerprint density at radius 1 is 1.24 bits per heavy atom. The third-order valence-electron chi connectivity index (χ3n) is 3.27. The Balaban J connectivity index is 1.96. The van der Waals surface area contributed by atoms with E-state index in [0.717, 1.165) is 5.56 Å². The van der Waals surface area contributed by atoms with Gasteiger partial charge in [-0.2, -0.15) is 4.36 Å². The lowest BCUT2D eigenvalue weighted by molar-refractivity contribution is -0.118. The van der Waals surface area contributed by atoms with Gasteiger partial charge < -0.3 is 0 Å². The molecule has 110 valence electrons. The van der Waals surface area contributed by atoms with E-state index in [2.05, 4.69) is 14.6 Å². The molecule has 1 aliphatic rings. The van der Waals surface area contributed by atoms with Gasteiger partial charge in [-0.05, 0) is 18.1 Å². The Kier molecular flexibility index (Phi) is 3.13. The molecule has 3 rings (SSSR count). The number of nitrogens with one attached hydrogen (secondary N) is 2. The topological polar surface area (TPSA) is 117 Å². The molecule has 2 aromatic rings. The lowest BCUT2D eigenvalue weighted by Crippen LogP contribution is -2.29. The van der Waals surface area contributed by atoms with Crippen molar-refractivity contribution in [3.05, 3.63) is 50.8 Å². The minimum Gasteiger partial charge on any atom is -0.270 e. The molecular weight excluding hydrogens is 296 g/mol. The summed E-state index contributed by atoms with van der Waals surface area (Å²) in [6.45, 7) is -0.531. The van der Waals surface area contributed by atoms with E-state index in [0.29, 0.717) is 15.9 Å². The predicted molar refractivity (Wildman–Crippen MR) is 74.5 cm³/mol. The van der Waals surface area contributed by atoms with Gasteiger partial charge >= 0.3 is 11.4 Å². The van der Waals surface area contributed by atoms with Crippen LogP contribution in [0.15, 0.2) is 43.1 Å². The molecule has 1 amide bonds. The highest BCUT2D eigenvalue weighted by Crippen LogP contribution is 2.27. The fourth-order valence-electron chi connectivity index (χ4n) is 2.28. The van der Waals surface area contributed by atoms with Crippen LogP contribution in [-0.4, -0.2) is 30.6 Å². The lowest BCUT2D eigenvalue weighted by atomic mass is 10.2. The Hall–Kier alpha value is -2.42. The molecule has 2 N–H and O–H groups in total. The first kappa shape index (κ1) is 13.6. The highest BCUT2D eigenvalue weighted by Gasteiger charge is 2.25. The van der Waals surface area contributed by atoms with Crippen LogP contribution in [0.4, 0.5) is 0 Å². The molecule has 21 heavy (non-hydrogen) atoms. The van der Waals surface area contributed by atoms with E-state index in [-0.39, 0.29) is 5.75 Å². The molecule has 8 nitrogen and oxygen atoms in total. The SMILES string of the molecule is O=C(Cn1c(=O)[nH][nH]c1=O)N=S1(=O)CCc2ccccc21. The smallest absolute Gasteiger partial charge is 0.270 e. The quantitative estimate of drug-likeness (QED) is 0.775. The fraction of sp³-hybridized carbons (Fsp3) is 0.250. The molecule has 1 aliphatic heterocycles. The van der Waals surface area contributed by atoms with Crippen molar-refractivity contribution in [1.82, 2.24) is 14.8 Å². The Morgan fingerprint density at radius 3 is 2.62 bits per heavy atom. The van der Waals surface area contributed by atoms with Gasteiger partial charge in [0.2, 0.25) is 0 Å². The zero-order valence-corrected chi connectivity index (χ0v) is 11.7. The highest BCUT2D eigenvalue weighted by atomic mass is 32.2. The first-order valence-electron chi connectivity index (χ1n) is 6.23. The molecule has 0 radical (unpaired) electrons. The van der Waals surface area contributed by atoms with Gasteiger partial charge in [-0.1, -0.05) is 18.2 Å². The number of hydrogen-bond donors (Lipinski definition) is 2. The van der Waals surface area contributed by atoms with Crippen molar-refractivity contribution >= 4 is 15.6 Å². The van der Waals surface area contributed by atoms with E-state index >= 15 is 0 Å². The molecule has 0 saturated carbocycles. The summed E-state index contributed by atoms with van der Waals surface area (Å²) in [7, 11) is -2.80. The molecule has 1 aromatic heterocycles. The third kappa shape index (κ3) is 2.35. The number of aromatic nitrogens is 3. The summed E-state index contributed by atoms with van der Waals surface area (Å²) in [5, 5.41) is 4.13. The molecule has 0 spiro atoms. The van der Waals surface area contributed by atoms with Gasteiger partial charge in [0.1, 0.15) is 6.54 Å². The lowest BCUT2D eigenvalue weighted by Gasteiger charge is -2.02. The summed E-state index contributed by atoms with van der Waals surface area (Å²) in [6, 6.07) is 7.12. The van der Waals surface area contributed by atoms with Gasteiger partial charge in [-0.25, -0.2) is 28.6 Å². The molecule has 1 unspecified atom stereocenters. The predicted octanol–water partition coefficient (Wildman–Crippen LogP) is -0.525. The van der Waals surface area contributed by atoms with E-state index in [1.807, 2.05) is 12.1 Å². The normalized spacial score (nSPS) is 20.2. The molecular formula is C12H12N4O4S. The molecule has 1 aromatic carbocycles. The number of carbonyl (C=O) groups is 1. The molecule has 0 saturated heterocycles. The standard InChI is InChI=1S/C12H12N4O4S/c17-10(7-16-11(18)13-14-12(16)19)15-21(20)6-5-8-3-1-2-4-9(8)21/h1-4H,5-7H2,(H,13,18)(H,14,19). The van der Waals surface area contributed by atoms with E-state index in [1.54, 1.807) is 12.1 Å². The number of aryl methyl sites for hydroxylation is 1. The van der Waals surface area contributed by atoms with E-state index in [4.69, 9.17) is 0 Å². The molecule has 0 fully saturated rings. The van der Waals surface area contributed by atoms with Gasteiger partial charge in [-0.3, -0.25) is 4.79 Å². The van der Waals surface area contributed by atoms with Crippen LogP contribution in [0.3, 0.4) is 0 Å². The van der Waals surface area contributed by atoms with Crippen molar-refractivity contribution < 1.29 is 9.00 Å². The molecule has 9 heteroatoms. The zero-order valence-electron chi connectivity index (χ0n) is 10.9. The van der Waals surface area contributed by atoms with Crippen LogP contribution >= 0.6 is 0 Å². The second kappa shape index (κ2) is 4.85. The monoisotopic (exact) mass is 308 g/mol. The van der Waals surface area contributed by atoms with Crippen molar-refractivity contribution in [3.63, 3.8) is 0 Å². The van der Waals surface area contributed by atoms with Crippen LogP contribution in [0, 0.1) is 0 Å². The average molecular weight is 308 g/mol. The Bertz CT molecular complexity index is 915. The number of nitrogens with zero attached hydrogens (tertiary/aromatic N) is 2. The summed E-state index contributed by atoms with van der Waals surface area (Å²) in [6.07, 6.45) is 0.594. The van der Waals surface area contributed by atoms with Crippen LogP contribution in [0.1, 0.15) is 5.56 Å². The number of benzene rings is 1. The molecule has 0 aliphatic carbocycles. The van der Waals surface area contributed by atoms with Gasteiger partial charge in [0.05, 0.1) is 14.6 Å². The van der Waals surface area contributed by atoms with Crippen LogP contribution in [-0.2, 0) is 27.5 Å². The largest absolute Gasteiger partial charge is 0.344 e. The highest BCUT2D eigenvalue weighted by molar-refractivity contribution is 7.94. The fourth-order valence-corrected chi connectivity index (χ4v) is 4.44. The second-order valence-electron chi connectivity index (χ2n) is 4.63. The number of aromatic amines is 2. The summed E-state index contributed by atoms with van der Waals surface area (Å²) in [5.74, 6) is -0.486. The summed E-state index contributed by atoms with van der Waals surface area (Å²) < 4.78 is 17.2. The van der Waals surface area contributed by atoms with Crippen molar-refractivity contribution in [2.24, 2.45) is 4.36 Å². The van der Waals surface area contributed by atoms with Crippen molar-refractivity contribution in [2.75, 3.05) is 5.75 Å². The van der Waals surface area contributed by atoms with E-state index < -0.39 is 33.6 Å². The molecule has 0 bridgehead atoms. The van der Waals surface area contributed by atoms with Gasteiger partial charge in [-0.15, -0.1) is 0 Å². The molecule has 2 heterocycles. The first-order chi connectivity index (χ1) is 9.99. The van der Waals surface area contributed by atoms with E-state index in [1.165, 1.54) is 0 Å². The van der Waals surface area contributed by atoms with Crippen LogP contribution in [0.2, 0.25) is 0 Å². The van der Waals surface area contributed by atoms with Gasteiger partial charge in [0.25, 0.3) is 5.91 Å². The third-order valence-corrected chi connectivity index (χ3v) is 5.62. The number of rotatable bonds is 2. The number of fused-ring (bicyclic) bond motifs is 1. The second-order valence-corrected chi connectivity index (χ2v) is 6.95. The van der Waals surface area contributed by atoms with Crippen LogP contribution < -0.4 is 11.4 Å². The number of hydrogen-bond acceptors (Lipinski definition) is 4. The van der Waals surface area contributed by atoms with Gasteiger partial charge in [0, 0.05) is 5.75 Å². The average Bonchev–Trinajstić information content (AvgIpc) is 2.94. The van der Waals surface area contributed by atoms with Crippen molar-refractivity contribution in [1.29, 1.82) is 0 Å². The number of carbonyl (C=O) groups excluding carboxylic acids is 1. The number of amides is 1. The number of H-pyrrole nitrogens is 2. The van der Waals surface area contributed by atoms with Crippen molar-refractivity contribution in [2.45, 2.75) is 17.9 Å². The maximum absolute atomic E-state index is 12.7. The first-order valence-corrected chi connectivity index (χ1v) is 7.91.